The lowest BCUT2D eigenvalue weighted by Crippen LogP contribution is -2.23. The summed E-state index contributed by atoms with van der Waals surface area (Å²) in [6.45, 7) is 6.14. The van der Waals surface area contributed by atoms with Crippen LogP contribution in [0.15, 0.2) is 0 Å². The molecule has 0 saturated heterocycles. The molecule has 0 unspecified atom stereocenters. The van der Waals surface area contributed by atoms with E-state index < -0.39 is 0 Å². The molecule has 0 radical (unpaired) electrons. The molecule has 1 saturated carbocycles. The van der Waals surface area contributed by atoms with Crippen molar-refractivity contribution in [1.29, 1.82) is 5.26 Å². The van der Waals surface area contributed by atoms with Crippen molar-refractivity contribution in [2.75, 3.05) is 0 Å². The maximum atomic E-state index is 9.25. The van der Waals surface area contributed by atoms with E-state index in [0.717, 1.165) is 18.5 Å². The van der Waals surface area contributed by atoms with Gasteiger partial charge in [0.05, 0.1) is 11.2 Å². The molecule has 0 amide bonds. The van der Waals surface area contributed by atoms with E-state index in [2.05, 4.69) is 11.2 Å². The van der Waals surface area contributed by atoms with Crippen molar-refractivity contribution >= 4 is 11.6 Å². The summed E-state index contributed by atoms with van der Waals surface area (Å²) in [4.78, 5) is 0. The Balaban J connectivity index is 2.49. The van der Waals surface area contributed by atoms with Crippen LogP contribution in [0.5, 0.6) is 0 Å². The van der Waals surface area contributed by atoms with Gasteiger partial charge in [0.1, 0.15) is 16.8 Å². The summed E-state index contributed by atoms with van der Waals surface area (Å²) in [5.41, 5.74) is 1.30. The van der Waals surface area contributed by atoms with Gasteiger partial charge in [-0.3, -0.25) is 0 Å². The average Bonchev–Trinajstić information content (AvgIpc) is 2.82. The van der Waals surface area contributed by atoms with E-state index in [0.29, 0.717) is 16.6 Å². The van der Waals surface area contributed by atoms with Gasteiger partial charge in [0.2, 0.25) is 0 Å². The summed E-state index contributed by atoms with van der Waals surface area (Å²) in [6.07, 6.45) is 4.73. The minimum atomic E-state index is -0.181. The van der Waals surface area contributed by atoms with Crippen molar-refractivity contribution in [1.82, 2.24) is 9.78 Å². The number of aromatic nitrogens is 2. The van der Waals surface area contributed by atoms with Gasteiger partial charge in [-0.15, -0.1) is 0 Å². The van der Waals surface area contributed by atoms with Crippen molar-refractivity contribution in [3.05, 3.63) is 16.4 Å². The molecule has 1 heterocycles. The zero-order valence-electron chi connectivity index (χ0n) is 10.6. The number of hydrogen-bond donors (Lipinski definition) is 0. The Morgan fingerprint density at radius 3 is 2.41 bits per heavy atom. The summed E-state index contributed by atoms with van der Waals surface area (Å²) in [5, 5.41) is 14.3. The SMILES string of the molecule is CC(C)(C)n1nc(C2CCCC2)c(C#N)c1Cl. The molecule has 3 nitrogen and oxygen atoms in total. The molecule has 0 atom stereocenters. The number of rotatable bonds is 1. The van der Waals surface area contributed by atoms with Crippen molar-refractivity contribution in [2.45, 2.75) is 57.9 Å². The van der Waals surface area contributed by atoms with Crippen LogP contribution < -0.4 is 0 Å². The van der Waals surface area contributed by atoms with Crippen LogP contribution in [-0.2, 0) is 5.54 Å². The predicted molar refractivity (Wildman–Crippen MR) is 68.2 cm³/mol. The van der Waals surface area contributed by atoms with E-state index in [4.69, 9.17) is 11.6 Å². The maximum absolute atomic E-state index is 9.25. The number of nitriles is 1. The van der Waals surface area contributed by atoms with Crippen molar-refractivity contribution in [3.8, 4) is 6.07 Å². The summed E-state index contributed by atoms with van der Waals surface area (Å²) < 4.78 is 1.78. The van der Waals surface area contributed by atoms with E-state index in [1.165, 1.54) is 12.8 Å². The quantitative estimate of drug-likeness (QED) is 0.761. The summed E-state index contributed by atoms with van der Waals surface area (Å²) in [7, 11) is 0. The fourth-order valence-corrected chi connectivity index (χ4v) is 2.88. The highest BCUT2D eigenvalue weighted by molar-refractivity contribution is 6.30. The summed E-state index contributed by atoms with van der Waals surface area (Å²) in [5.74, 6) is 0.422. The highest BCUT2D eigenvalue weighted by Gasteiger charge is 2.29. The molecular weight excluding hydrogens is 234 g/mol. The topological polar surface area (TPSA) is 41.6 Å². The molecule has 1 aromatic rings. The first-order valence-electron chi connectivity index (χ1n) is 6.14. The van der Waals surface area contributed by atoms with E-state index in [1.807, 2.05) is 20.8 Å². The summed E-state index contributed by atoms with van der Waals surface area (Å²) in [6, 6.07) is 2.22. The highest BCUT2D eigenvalue weighted by atomic mass is 35.5. The molecule has 0 aliphatic heterocycles. The first-order valence-corrected chi connectivity index (χ1v) is 6.52. The van der Waals surface area contributed by atoms with Crippen molar-refractivity contribution < 1.29 is 0 Å². The van der Waals surface area contributed by atoms with Gasteiger partial charge >= 0.3 is 0 Å². The van der Waals surface area contributed by atoms with Crippen LogP contribution in [-0.4, -0.2) is 9.78 Å². The minimum Gasteiger partial charge on any atom is -0.247 e. The first kappa shape index (κ1) is 12.4. The Labute approximate surface area is 107 Å². The Bertz CT molecular complexity index is 456. The number of hydrogen-bond acceptors (Lipinski definition) is 2. The van der Waals surface area contributed by atoms with Crippen LogP contribution in [0.4, 0.5) is 0 Å². The molecule has 1 aliphatic rings. The molecule has 17 heavy (non-hydrogen) atoms. The van der Waals surface area contributed by atoms with Crippen LogP contribution >= 0.6 is 11.6 Å². The Morgan fingerprint density at radius 1 is 1.35 bits per heavy atom. The van der Waals surface area contributed by atoms with Crippen LogP contribution in [0.3, 0.4) is 0 Å². The molecule has 92 valence electrons. The fraction of sp³-hybridized carbons (Fsp3) is 0.692. The monoisotopic (exact) mass is 251 g/mol. The predicted octanol–water partition coefficient (Wildman–Crippen LogP) is 3.82. The van der Waals surface area contributed by atoms with Gasteiger partial charge in [0, 0.05) is 5.92 Å². The van der Waals surface area contributed by atoms with Gasteiger partial charge in [-0.05, 0) is 33.6 Å². The lowest BCUT2D eigenvalue weighted by Gasteiger charge is -2.20. The minimum absolute atomic E-state index is 0.181. The van der Waals surface area contributed by atoms with E-state index >= 15 is 0 Å². The first-order chi connectivity index (χ1) is 7.95. The molecule has 2 rings (SSSR count). The largest absolute Gasteiger partial charge is 0.247 e. The molecule has 0 aromatic carbocycles. The fourth-order valence-electron chi connectivity index (χ4n) is 2.45. The smallest absolute Gasteiger partial charge is 0.145 e. The lowest BCUT2D eigenvalue weighted by molar-refractivity contribution is 0.352. The highest BCUT2D eigenvalue weighted by Crippen LogP contribution is 2.38. The summed E-state index contributed by atoms with van der Waals surface area (Å²) >= 11 is 6.27. The lowest BCUT2D eigenvalue weighted by atomic mass is 10.0. The van der Waals surface area contributed by atoms with Crippen molar-refractivity contribution in [3.63, 3.8) is 0 Å². The number of nitrogens with zero attached hydrogens (tertiary/aromatic N) is 3. The van der Waals surface area contributed by atoms with Gasteiger partial charge < -0.3 is 0 Å². The standard InChI is InChI=1S/C13H18ClN3/c1-13(2,3)17-12(14)10(8-15)11(16-17)9-6-4-5-7-9/h9H,4-7H2,1-3H3. The molecule has 1 fully saturated rings. The Kier molecular flexibility index (Phi) is 3.18. The van der Waals surface area contributed by atoms with Crippen LogP contribution in [0.25, 0.3) is 0 Å². The average molecular weight is 252 g/mol. The normalized spacial score (nSPS) is 17.4. The van der Waals surface area contributed by atoms with Crippen LogP contribution in [0, 0.1) is 11.3 Å². The van der Waals surface area contributed by atoms with Gasteiger partial charge in [0.15, 0.2) is 0 Å². The Hall–Kier alpha value is -1.01. The molecular formula is C13H18ClN3. The third kappa shape index (κ3) is 2.19. The third-order valence-corrected chi connectivity index (χ3v) is 3.69. The van der Waals surface area contributed by atoms with Crippen LogP contribution in [0.2, 0.25) is 5.15 Å². The molecule has 1 aliphatic carbocycles. The van der Waals surface area contributed by atoms with Gasteiger partial charge in [-0.25, -0.2) is 4.68 Å². The zero-order chi connectivity index (χ0) is 12.6. The van der Waals surface area contributed by atoms with E-state index in [9.17, 15) is 5.26 Å². The second kappa shape index (κ2) is 4.34. The molecule has 0 spiro atoms. The Morgan fingerprint density at radius 2 is 1.94 bits per heavy atom. The zero-order valence-corrected chi connectivity index (χ0v) is 11.4. The van der Waals surface area contributed by atoms with Crippen LogP contribution in [0.1, 0.15) is 63.6 Å². The van der Waals surface area contributed by atoms with E-state index in [1.54, 1.807) is 4.68 Å². The molecule has 0 N–H and O–H groups in total. The maximum Gasteiger partial charge on any atom is 0.145 e. The molecule has 0 bridgehead atoms. The van der Waals surface area contributed by atoms with Gasteiger partial charge in [-0.2, -0.15) is 10.4 Å². The van der Waals surface area contributed by atoms with E-state index in [-0.39, 0.29) is 5.54 Å². The van der Waals surface area contributed by atoms with Gasteiger partial charge in [-0.1, -0.05) is 24.4 Å². The second-order valence-electron chi connectivity index (χ2n) is 5.73. The molecule has 1 aromatic heterocycles. The molecule has 4 heteroatoms. The number of halogens is 1. The second-order valence-corrected chi connectivity index (χ2v) is 6.08. The third-order valence-electron chi connectivity index (χ3n) is 3.35. The van der Waals surface area contributed by atoms with Gasteiger partial charge in [0.25, 0.3) is 0 Å². The van der Waals surface area contributed by atoms with Crippen molar-refractivity contribution in [2.24, 2.45) is 0 Å².